The Balaban J connectivity index is 3.88. The molecule has 0 aliphatic carbocycles. The second-order valence-electron chi connectivity index (χ2n) is 2.74. The summed E-state index contributed by atoms with van der Waals surface area (Å²) in [4.78, 5) is 0. The third-order valence-corrected chi connectivity index (χ3v) is 3.01. The number of sulfonamides is 1. The Labute approximate surface area is 74.4 Å². The lowest BCUT2D eigenvalue weighted by Gasteiger charge is -2.11. The van der Waals surface area contributed by atoms with Crippen molar-refractivity contribution < 1.29 is 13.2 Å². The molecule has 0 amide bonds. The van der Waals surface area contributed by atoms with Crippen LogP contribution in [0.4, 0.5) is 0 Å². The largest absolute Gasteiger partial charge is 0.384 e. The highest BCUT2D eigenvalue weighted by molar-refractivity contribution is 7.89. The van der Waals surface area contributed by atoms with Crippen molar-refractivity contribution in [2.24, 2.45) is 0 Å². The zero-order chi connectivity index (χ0) is 9.61. The Morgan fingerprint density at radius 3 is 2.50 bits per heavy atom. The lowest BCUT2D eigenvalue weighted by Crippen LogP contribution is -2.34. The van der Waals surface area contributed by atoms with Gasteiger partial charge in [0.1, 0.15) is 0 Å². The lowest BCUT2D eigenvalue weighted by atomic mass is 10.3. The summed E-state index contributed by atoms with van der Waals surface area (Å²) in [6, 6.07) is 0.00635. The van der Waals surface area contributed by atoms with Crippen LogP contribution in [0.2, 0.25) is 0 Å². The predicted octanol–water partition coefficient (Wildman–Crippen LogP) is 0.351. The zero-order valence-electron chi connectivity index (χ0n) is 7.83. The first-order valence-electron chi connectivity index (χ1n) is 4.00. The molecule has 5 heteroatoms. The summed E-state index contributed by atoms with van der Waals surface area (Å²) in [7, 11) is -1.65. The summed E-state index contributed by atoms with van der Waals surface area (Å²) in [5.41, 5.74) is 0. The van der Waals surface area contributed by atoms with Crippen LogP contribution in [-0.2, 0) is 14.8 Å². The van der Waals surface area contributed by atoms with Crippen LogP contribution in [0.25, 0.3) is 0 Å². The maximum atomic E-state index is 11.2. The zero-order valence-corrected chi connectivity index (χ0v) is 8.65. The average Bonchev–Trinajstić information content (AvgIpc) is 2.00. The highest BCUT2D eigenvalue weighted by Crippen LogP contribution is 1.93. The molecule has 4 nitrogen and oxygen atoms in total. The van der Waals surface area contributed by atoms with E-state index in [0.29, 0.717) is 0 Å². The number of hydrogen-bond acceptors (Lipinski definition) is 3. The molecule has 1 atom stereocenters. The van der Waals surface area contributed by atoms with Crippen molar-refractivity contribution in [1.82, 2.24) is 4.72 Å². The second kappa shape index (κ2) is 5.50. The standard InChI is InChI=1S/C7H17NO3S/c1-4-7(2)8-12(9,10)6-5-11-3/h7-8H,4-6H2,1-3H3. The fourth-order valence-electron chi connectivity index (χ4n) is 0.642. The highest BCUT2D eigenvalue weighted by atomic mass is 32.2. The van der Waals surface area contributed by atoms with Crippen LogP contribution in [0.3, 0.4) is 0 Å². The number of ether oxygens (including phenoxy) is 1. The molecule has 0 fully saturated rings. The van der Waals surface area contributed by atoms with Gasteiger partial charge in [-0.15, -0.1) is 0 Å². The Kier molecular flexibility index (Phi) is 5.44. The van der Waals surface area contributed by atoms with Crippen molar-refractivity contribution in [3.05, 3.63) is 0 Å². The van der Waals surface area contributed by atoms with Gasteiger partial charge in [-0.05, 0) is 13.3 Å². The maximum absolute atomic E-state index is 11.2. The number of methoxy groups -OCH3 is 1. The predicted molar refractivity (Wildman–Crippen MR) is 48.6 cm³/mol. The van der Waals surface area contributed by atoms with E-state index < -0.39 is 10.0 Å². The van der Waals surface area contributed by atoms with E-state index in [1.807, 2.05) is 13.8 Å². The Bertz CT molecular complexity index is 201. The normalized spacial score (nSPS) is 14.6. The molecule has 0 aliphatic rings. The van der Waals surface area contributed by atoms with Crippen molar-refractivity contribution in [3.8, 4) is 0 Å². The number of nitrogens with one attached hydrogen (secondary N) is 1. The van der Waals surface area contributed by atoms with Gasteiger partial charge in [0.05, 0.1) is 12.4 Å². The summed E-state index contributed by atoms with van der Waals surface area (Å²) in [5.74, 6) is 0.0356. The maximum Gasteiger partial charge on any atom is 0.214 e. The summed E-state index contributed by atoms with van der Waals surface area (Å²) in [5, 5.41) is 0. The molecule has 1 unspecified atom stereocenters. The van der Waals surface area contributed by atoms with Crippen LogP contribution in [0.1, 0.15) is 20.3 Å². The molecule has 0 radical (unpaired) electrons. The monoisotopic (exact) mass is 195 g/mol. The first-order valence-corrected chi connectivity index (χ1v) is 5.66. The van der Waals surface area contributed by atoms with Crippen molar-refractivity contribution in [2.45, 2.75) is 26.3 Å². The molecule has 0 aromatic heterocycles. The van der Waals surface area contributed by atoms with Crippen LogP contribution >= 0.6 is 0 Å². The summed E-state index contributed by atoms with van der Waals surface area (Å²) >= 11 is 0. The summed E-state index contributed by atoms with van der Waals surface area (Å²) in [6.07, 6.45) is 0.798. The molecular formula is C7H17NO3S. The Morgan fingerprint density at radius 2 is 2.08 bits per heavy atom. The SMILES string of the molecule is CCC(C)NS(=O)(=O)CCOC. The van der Waals surface area contributed by atoms with Gasteiger partial charge in [-0.1, -0.05) is 6.92 Å². The molecule has 1 N–H and O–H groups in total. The van der Waals surface area contributed by atoms with E-state index in [4.69, 9.17) is 0 Å². The molecule has 74 valence electrons. The van der Waals surface area contributed by atoms with Crippen molar-refractivity contribution in [2.75, 3.05) is 19.5 Å². The highest BCUT2D eigenvalue weighted by Gasteiger charge is 2.11. The Morgan fingerprint density at radius 1 is 1.50 bits per heavy atom. The quantitative estimate of drug-likeness (QED) is 0.665. The van der Waals surface area contributed by atoms with Gasteiger partial charge in [-0.25, -0.2) is 13.1 Å². The minimum absolute atomic E-state index is 0.00635. The molecule has 0 aliphatic heterocycles. The van der Waals surface area contributed by atoms with E-state index in [1.165, 1.54) is 7.11 Å². The first-order chi connectivity index (χ1) is 5.52. The van der Waals surface area contributed by atoms with Crippen LogP contribution in [0, 0.1) is 0 Å². The smallest absolute Gasteiger partial charge is 0.214 e. The van der Waals surface area contributed by atoms with Gasteiger partial charge >= 0.3 is 0 Å². The topological polar surface area (TPSA) is 55.4 Å². The van der Waals surface area contributed by atoms with Gasteiger partial charge < -0.3 is 4.74 Å². The third-order valence-electron chi connectivity index (χ3n) is 1.55. The molecule has 0 rings (SSSR count). The second-order valence-corrected chi connectivity index (χ2v) is 4.61. The fraction of sp³-hybridized carbons (Fsp3) is 1.00. The van der Waals surface area contributed by atoms with E-state index in [0.717, 1.165) is 6.42 Å². The van der Waals surface area contributed by atoms with Gasteiger partial charge in [-0.3, -0.25) is 0 Å². The summed E-state index contributed by atoms with van der Waals surface area (Å²) in [6.45, 7) is 4.01. The third kappa shape index (κ3) is 5.51. The van der Waals surface area contributed by atoms with E-state index >= 15 is 0 Å². The molecule has 0 saturated carbocycles. The van der Waals surface area contributed by atoms with Crippen LogP contribution < -0.4 is 4.72 Å². The van der Waals surface area contributed by atoms with Crippen LogP contribution in [0.5, 0.6) is 0 Å². The van der Waals surface area contributed by atoms with Crippen molar-refractivity contribution in [1.29, 1.82) is 0 Å². The van der Waals surface area contributed by atoms with Gasteiger partial charge in [0, 0.05) is 13.2 Å². The first kappa shape index (κ1) is 11.9. The van der Waals surface area contributed by atoms with Gasteiger partial charge in [0.25, 0.3) is 0 Å². The van der Waals surface area contributed by atoms with E-state index in [2.05, 4.69) is 9.46 Å². The Hall–Kier alpha value is -0.130. The van der Waals surface area contributed by atoms with Crippen LogP contribution in [0.15, 0.2) is 0 Å². The molecule has 0 aromatic carbocycles. The van der Waals surface area contributed by atoms with Gasteiger partial charge in [-0.2, -0.15) is 0 Å². The molecule has 0 spiro atoms. The molecular weight excluding hydrogens is 178 g/mol. The number of rotatable bonds is 6. The minimum atomic E-state index is -3.13. The molecule has 12 heavy (non-hydrogen) atoms. The van der Waals surface area contributed by atoms with Crippen LogP contribution in [-0.4, -0.2) is 33.9 Å². The van der Waals surface area contributed by atoms with E-state index in [-0.39, 0.29) is 18.4 Å². The van der Waals surface area contributed by atoms with Gasteiger partial charge in [0.2, 0.25) is 10.0 Å². The van der Waals surface area contributed by atoms with Crippen molar-refractivity contribution in [3.63, 3.8) is 0 Å². The van der Waals surface area contributed by atoms with E-state index in [1.54, 1.807) is 0 Å². The summed E-state index contributed by atoms with van der Waals surface area (Å²) < 4.78 is 29.5. The molecule has 0 saturated heterocycles. The molecule has 0 aromatic rings. The average molecular weight is 195 g/mol. The van der Waals surface area contributed by atoms with Gasteiger partial charge in [0.15, 0.2) is 0 Å². The number of hydrogen-bond donors (Lipinski definition) is 1. The lowest BCUT2D eigenvalue weighted by molar-refractivity contribution is 0.216. The minimum Gasteiger partial charge on any atom is -0.384 e. The van der Waals surface area contributed by atoms with E-state index in [9.17, 15) is 8.42 Å². The molecule has 0 bridgehead atoms. The van der Waals surface area contributed by atoms with Crippen molar-refractivity contribution >= 4 is 10.0 Å². The fourth-order valence-corrected chi connectivity index (χ4v) is 1.93. The molecule has 0 heterocycles.